The van der Waals surface area contributed by atoms with Gasteiger partial charge >= 0.3 is 31.1 Å². The topological polar surface area (TPSA) is 58.9 Å². The summed E-state index contributed by atoms with van der Waals surface area (Å²) in [7, 11) is 0. The fourth-order valence-electron chi connectivity index (χ4n) is 1.26. The summed E-state index contributed by atoms with van der Waals surface area (Å²) in [6.07, 6.45) is 1.66. The minimum absolute atomic E-state index is 0. The maximum atomic E-state index is 11.0. The molecule has 1 aromatic heterocycles. The summed E-state index contributed by atoms with van der Waals surface area (Å²) in [6, 6.07) is 6.53. The van der Waals surface area contributed by atoms with Gasteiger partial charge in [0.25, 0.3) is 0 Å². The third kappa shape index (κ3) is 2.87. The number of amides is 1. The number of primary amides is 1. The zero-order chi connectivity index (χ0) is 9.42. The van der Waals surface area contributed by atoms with Crippen LogP contribution in [0.5, 0.6) is 0 Å². The van der Waals surface area contributed by atoms with Gasteiger partial charge in [-0.2, -0.15) is 11.5 Å². The Balaban J connectivity index is 0.000000980. The zero-order valence-corrected chi connectivity index (χ0v) is 13.8. The molecule has 15 heavy (non-hydrogen) atoms. The van der Waals surface area contributed by atoms with Crippen LogP contribution in [-0.4, -0.2) is 10.9 Å². The van der Waals surface area contributed by atoms with Crippen LogP contribution in [0.2, 0.25) is 0 Å². The van der Waals surface area contributed by atoms with Crippen LogP contribution in [-0.2, 0) is 0 Å². The number of hydrogen-bond acceptors (Lipinski definition) is 1. The van der Waals surface area contributed by atoms with E-state index < -0.39 is 5.91 Å². The molecule has 3 N–H and O–H groups in total. The first-order valence-corrected chi connectivity index (χ1v) is 4.46. The Kier molecular flexibility index (Phi) is 5.65. The average Bonchev–Trinajstić information content (AvgIpc) is 2.49. The van der Waals surface area contributed by atoms with Crippen molar-refractivity contribution in [1.82, 2.24) is 4.98 Å². The van der Waals surface area contributed by atoms with Crippen LogP contribution in [0.25, 0.3) is 10.9 Å². The minimum atomic E-state index is -0.442. The third-order valence-corrected chi connectivity index (χ3v) is 2.27. The first kappa shape index (κ1) is 14.8. The Morgan fingerprint density at radius 2 is 2.13 bits per heavy atom. The van der Waals surface area contributed by atoms with Crippen LogP contribution in [0.4, 0.5) is 0 Å². The van der Waals surface area contributed by atoms with Crippen LogP contribution in [0.1, 0.15) is 10.4 Å². The molecule has 0 aliphatic rings. The van der Waals surface area contributed by atoms with Crippen molar-refractivity contribution >= 4 is 32.7 Å². The van der Waals surface area contributed by atoms with Crippen LogP contribution >= 0.6 is 15.9 Å². The summed E-state index contributed by atoms with van der Waals surface area (Å²) >= 11 is 3.29. The van der Waals surface area contributed by atoms with Crippen LogP contribution in [0.3, 0.4) is 0 Å². The summed E-state index contributed by atoms with van der Waals surface area (Å²) in [4.78, 5) is 14.0. The molecule has 0 atom stereocenters. The molecule has 0 aliphatic heterocycles. The number of benzene rings is 1. The fourth-order valence-corrected chi connectivity index (χ4v) is 1.71. The smallest absolute Gasteiger partial charge is 0.423 e. The number of H-pyrrole nitrogens is 1. The molecule has 1 aromatic carbocycles. The molecular formula is C10H9BrN2OU. The molecular weight excluding hydrogens is 482 g/mol. The van der Waals surface area contributed by atoms with E-state index in [-0.39, 0.29) is 38.5 Å². The Hall–Kier alpha value is -0.238. The summed E-state index contributed by atoms with van der Waals surface area (Å²) in [5.74, 6) is -0.442. The van der Waals surface area contributed by atoms with Crippen molar-refractivity contribution in [2.24, 2.45) is 5.73 Å². The Morgan fingerprint density at radius 1 is 1.47 bits per heavy atom. The number of carbonyl (C=O) groups is 1. The molecule has 0 saturated carbocycles. The molecule has 2 rings (SSSR count). The Labute approximate surface area is 120 Å². The monoisotopic (exact) mass is 490 g/mol. The zero-order valence-electron chi connectivity index (χ0n) is 8.10. The number of hydrogen-bond donors (Lipinski definition) is 2. The normalized spacial score (nSPS) is 9.13. The van der Waals surface area contributed by atoms with E-state index in [1.807, 2.05) is 6.07 Å². The van der Waals surface area contributed by atoms with Crippen molar-refractivity contribution in [3.05, 3.63) is 41.9 Å². The molecule has 0 spiro atoms. The maximum absolute atomic E-state index is 11.0. The molecule has 76 valence electrons. The molecule has 5 heteroatoms. The quantitative estimate of drug-likeness (QED) is 0.592. The van der Waals surface area contributed by atoms with Crippen molar-refractivity contribution in [3.63, 3.8) is 0 Å². The van der Waals surface area contributed by atoms with E-state index in [0.717, 1.165) is 15.4 Å². The van der Waals surface area contributed by atoms with E-state index in [9.17, 15) is 4.79 Å². The van der Waals surface area contributed by atoms with Gasteiger partial charge in [0, 0.05) is 5.56 Å². The second-order valence-electron chi connectivity index (χ2n) is 2.67. The number of aromatic nitrogens is 1. The number of rotatable bonds is 1. The van der Waals surface area contributed by atoms with E-state index in [1.165, 1.54) is 0 Å². The number of nitrogens with one attached hydrogen (secondary N) is 1. The third-order valence-electron chi connectivity index (χ3n) is 1.81. The van der Waals surface area contributed by atoms with Gasteiger partial charge in [-0.25, -0.2) is 0 Å². The van der Waals surface area contributed by atoms with Gasteiger partial charge in [-0.15, -0.1) is 6.07 Å². The second-order valence-corrected chi connectivity index (χ2v) is 3.59. The Bertz CT molecular complexity index is 481. The SMILES string of the molecule is NC(=O)c1cc(Br)cc2[c-]c[nH]c12.[CH3-].[U+2]. The standard InChI is InChI=1S/C9H6BrN2O.CH3.U/c10-6-3-5-1-2-12-8(5)7(4-6)9(11)13;;/h2-4,12H,(H2,11,13);1H3;/q2*-1;+2. The molecule has 0 radical (unpaired) electrons. The van der Waals surface area contributed by atoms with Crippen molar-refractivity contribution < 1.29 is 35.9 Å². The van der Waals surface area contributed by atoms with Crippen LogP contribution in [0.15, 0.2) is 22.8 Å². The first-order chi connectivity index (χ1) is 6.18. The first-order valence-electron chi connectivity index (χ1n) is 3.66. The van der Waals surface area contributed by atoms with E-state index in [0.29, 0.717) is 5.56 Å². The molecule has 0 fully saturated rings. The summed E-state index contributed by atoms with van der Waals surface area (Å²) in [5, 5.41) is 0.850. The van der Waals surface area contributed by atoms with E-state index >= 15 is 0 Å². The van der Waals surface area contributed by atoms with Crippen LogP contribution < -0.4 is 5.73 Å². The molecule has 0 bridgehead atoms. The molecule has 0 saturated heterocycles. The molecule has 2 aromatic rings. The Morgan fingerprint density at radius 3 is 2.73 bits per heavy atom. The summed E-state index contributed by atoms with van der Waals surface area (Å²) in [5.41, 5.74) is 6.42. The van der Waals surface area contributed by atoms with Crippen molar-refractivity contribution in [1.29, 1.82) is 0 Å². The van der Waals surface area contributed by atoms with E-state index in [4.69, 9.17) is 5.73 Å². The number of aromatic amines is 1. The van der Waals surface area contributed by atoms with Crippen molar-refractivity contribution in [2.75, 3.05) is 0 Å². The number of carbonyl (C=O) groups excluding carboxylic acids is 1. The molecule has 0 unspecified atom stereocenters. The number of nitrogens with two attached hydrogens (primary N) is 1. The van der Waals surface area contributed by atoms with Gasteiger partial charge in [0.15, 0.2) is 0 Å². The molecule has 1 heterocycles. The predicted octanol–water partition coefficient (Wildman–Crippen LogP) is 2.28. The van der Waals surface area contributed by atoms with Gasteiger partial charge in [0.1, 0.15) is 0 Å². The van der Waals surface area contributed by atoms with Gasteiger partial charge in [-0.3, -0.25) is 4.79 Å². The number of halogens is 1. The molecule has 3 nitrogen and oxygen atoms in total. The van der Waals surface area contributed by atoms with Crippen molar-refractivity contribution in [2.45, 2.75) is 0 Å². The summed E-state index contributed by atoms with van der Waals surface area (Å²) < 4.78 is 0.824. The van der Waals surface area contributed by atoms with Crippen molar-refractivity contribution in [3.8, 4) is 0 Å². The summed E-state index contributed by atoms with van der Waals surface area (Å²) in [6.45, 7) is 0. The maximum Gasteiger partial charge on any atom is 2.00 e. The number of fused-ring (bicyclic) bond motifs is 1. The van der Waals surface area contributed by atoms with Gasteiger partial charge < -0.3 is 18.1 Å². The van der Waals surface area contributed by atoms with E-state index in [2.05, 4.69) is 27.0 Å². The van der Waals surface area contributed by atoms with Gasteiger partial charge in [-0.1, -0.05) is 33.7 Å². The molecule has 0 aliphatic carbocycles. The van der Waals surface area contributed by atoms with E-state index in [1.54, 1.807) is 12.3 Å². The average molecular weight is 491 g/mol. The molecule has 1 amide bonds. The minimum Gasteiger partial charge on any atom is -0.423 e. The largest absolute Gasteiger partial charge is 2.00 e. The second kappa shape index (κ2) is 5.74. The predicted molar refractivity (Wildman–Crippen MR) is 59.8 cm³/mol. The fraction of sp³-hybridized carbons (Fsp3) is 0. The van der Waals surface area contributed by atoms with Gasteiger partial charge in [-0.05, 0) is 4.47 Å². The van der Waals surface area contributed by atoms with Gasteiger partial charge in [0.2, 0.25) is 5.91 Å². The van der Waals surface area contributed by atoms with Gasteiger partial charge in [0.05, 0.1) is 0 Å². The van der Waals surface area contributed by atoms with Crippen LogP contribution in [0, 0.1) is 44.6 Å².